The van der Waals surface area contributed by atoms with Crippen molar-refractivity contribution in [2.75, 3.05) is 6.61 Å². The molecule has 0 saturated carbocycles. The van der Waals surface area contributed by atoms with Crippen LogP contribution in [0.2, 0.25) is 0 Å². The molecule has 5 heteroatoms. The van der Waals surface area contributed by atoms with Crippen LogP contribution in [0.5, 0.6) is 0 Å². The zero-order valence-electron chi connectivity index (χ0n) is 16.0. The van der Waals surface area contributed by atoms with Gasteiger partial charge in [-0.15, -0.1) is 0 Å². The molecule has 0 aliphatic heterocycles. The van der Waals surface area contributed by atoms with Crippen LogP contribution in [0, 0.1) is 11.8 Å². The summed E-state index contributed by atoms with van der Waals surface area (Å²) in [6.07, 6.45) is 0.686. The Kier molecular flexibility index (Phi) is 7.77. The molecule has 0 aliphatic carbocycles. The van der Waals surface area contributed by atoms with Gasteiger partial charge < -0.3 is 20.0 Å². The van der Waals surface area contributed by atoms with E-state index in [0.29, 0.717) is 19.5 Å². The Morgan fingerprint density at radius 2 is 1.80 bits per heavy atom. The SMILES string of the molecule is CC(C)[C@@H](COCc1ccccc1)C[C@](N)(C=O)C(=O)OC(C)(C)C. The van der Waals surface area contributed by atoms with Crippen molar-refractivity contribution in [2.45, 2.75) is 58.8 Å². The highest BCUT2D eigenvalue weighted by atomic mass is 16.6. The summed E-state index contributed by atoms with van der Waals surface area (Å²) in [6.45, 7) is 10.2. The van der Waals surface area contributed by atoms with Crippen molar-refractivity contribution in [3.63, 3.8) is 0 Å². The van der Waals surface area contributed by atoms with Crippen LogP contribution in [0.15, 0.2) is 30.3 Å². The molecule has 25 heavy (non-hydrogen) atoms. The number of esters is 1. The molecule has 0 aliphatic rings. The third kappa shape index (κ3) is 7.36. The molecule has 0 unspecified atom stereocenters. The van der Waals surface area contributed by atoms with E-state index in [4.69, 9.17) is 15.2 Å². The van der Waals surface area contributed by atoms with Crippen LogP contribution in [0.4, 0.5) is 0 Å². The van der Waals surface area contributed by atoms with E-state index in [1.807, 2.05) is 44.2 Å². The lowest BCUT2D eigenvalue weighted by molar-refractivity contribution is -0.163. The van der Waals surface area contributed by atoms with Gasteiger partial charge in [0.25, 0.3) is 0 Å². The molecule has 0 saturated heterocycles. The van der Waals surface area contributed by atoms with Crippen LogP contribution >= 0.6 is 0 Å². The Balaban J connectivity index is 2.70. The van der Waals surface area contributed by atoms with Gasteiger partial charge in [0, 0.05) is 0 Å². The largest absolute Gasteiger partial charge is 0.458 e. The summed E-state index contributed by atoms with van der Waals surface area (Å²) in [6, 6.07) is 9.85. The van der Waals surface area contributed by atoms with Crippen molar-refractivity contribution in [3.05, 3.63) is 35.9 Å². The van der Waals surface area contributed by atoms with Crippen molar-refractivity contribution in [3.8, 4) is 0 Å². The maximum Gasteiger partial charge on any atom is 0.334 e. The summed E-state index contributed by atoms with van der Waals surface area (Å²) < 4.78 is 11.1. The van der Waals surface area contributed by atoms with Gasteiger partial charge in [-0.1, -0.05) is 44.2 Å². The first-order valence-corrected chi connectivity index (χ1v) is 8.68. The maximum atomic E-state index is 12.3. The van der Waals surface area contributed by atoms with E-state index in [1.54, 1.807) is 20.8 Å². The second kappa shape index (κ2) is 9.11. The first-order valence-electron chi connectivity index (χ1n) is 8.68. The van der Waals surface area contributed by atoms with Gasteiger partial charge >= 0.3 is 5.97 Å². The van der Waals surface area contributed by atoms with Crippen molar-refractivity contribution in [2.24, 2.45) is 17.6 Å². The van der Waals surface area contributed by atoms with Crippen LogP contribution in [-0.2, 0) is 25.7 Å². The predicted molar refractivity (Wildman–Crippen MR) is 97.9 cm³/mol. The Bertz CT molecular complexity index is 551. The molecule has 0 heterocycles. The highest BCUT2D eigenvalue weighted by Crippen LogP contribution is 2.24. The summed E-state index contributed by atoms with van der Waals surface area (Å²) in [7, 11) is 0. The second-order valence-corrected chi connectivity index (χ2v) is 7.87. The van der Waals surface area contributed by atoms with Gasteiger partial charge in [0.05, 0.1) is 13.2 Å². The van der Waals surface area contributed by atoms with E-state index in [-0.39, 0.29) is 18.3 Å². The molecule has 0 radical (unpaired) electrons. The number of carbonyl (C=O) groups is 2. The van der Waals surface area contributed by atoms with Gasteiger partial charge in [-0.3, -0.25) is 0 Å². The van der Waals surface area contributed by atoms with Gasteiger partial charge in [0.2, 0.25) is 0 Å². The van der Waals surface area contributed by atoms with E-state index in [2.05, 4.69) is 0 Å². The Hall–Kier alpha value is -1.72. The molecule has 0 amide bonds. The Morgan fingerprint density at radius 3 is 2.28 bits per heavy atom. The monoisotopic (exact) mass is 349 g/mol. The molecule has 2 atom stereocenters. The van der Waals surface area contributed by atoms with Crippen LogP contribution in [0.1, 0.15) is 46.6 Å². The molecular weight excluding hydrogens is 318 g/mol. The number of rotatable bonds is 9. The van der Waals surface area contributed by atoms with Crippen LogP contribution < -0.4 is 5.73 Å². The fraction of sp³-hybridized carbons (Fsp3) is 0.600. The lowest BCUT2D eigenvalue weighted by Crippen LogP contribution is -2.54. The third-order valence-corrected chi connectivity index (χ3v) is 3.98. The van der Waals surface area contributed by atoms with Crippen molar-refractivity contribution < 1.29 is 19.1 Å². The zero-order valence-corrected chi connectivity index (χ0v) is 16.0. The summed E-state index contributed by atoms with van der Waals surface area (Å²) >= 11 is 0. The van der Waals surface area contributed by atoms with Crippen molar-refractivity contribution in [1.29, 1.82) is 0 Å². The summed E-state index contributed by atoms with van der Waals surface area (Å²) in [4.78, 5) is 23.9. The second-order valence-electron chi connectivity index (χ2n) is 7.87. The van der Waals surface area contributed by atoms with E-state index >= 15 is 0 Å². The number of benzene rings is 1. The van der Waals surface area contributed by atoms with E-state index in [0.717, 1.165) is 5.56 Å². The van der Waals surface area contributed by atoms with Gasteiger partial charge in [0.1, 0.15) is 5.60 Å². The lowest BCUT2D eigenvalue weighted by atomic mass is 9.83. The lowest BCUT2D eigenvalue weighted by Gasteiger charge is -2.31. The highest BCUT2D eigenvalue weighted by molar-refractivity contribution is 5.98. The topological polar surface area (TPSA) is 78.6 Å². The van der Waals surface area contributed by atoms with Crippen LogP contribution in [-0.4, -0.2) is 30.0 Å². The fourth-order valence-corrected chi connectivity index (χ4v) is 2.38. The Morgan fingerprint density at radius 1 is 1.20 bits per heavy atom. The Labute approximate surface area is 150 Å². The molecule has 0 fully saturated rings. The number of aldehydes is 1. The van der Waals surface area contributed by atoms with Gasteiger partial charge in [-0.05, 0) is 44.6 Å². The summed E-state index contributed by atoms with van der Waals surface area (Å²) in [5.41, 5.74) is 4.80. The maximum absolute atomic E-state index is 12.3. The molecule has 0 aromatic heterocycles. The average Bonchev–Trinajstić information content (AvgIpc) is 2.53. The van der Waals surface area contributed by atoms with E-state index in [9.17, 15) is 9.59 Å². The quantitative estimate of drug-likeness (QED) is 0.421. The van der Waals surface area contributed by atoms with Gasteiger partial charge in [0.15, 0.2) is 11.8 Å². The van der Waals surface area contributed by atoms with Gasteiger partial charge in [-0.2, -0.15) is 0 Å². The highest BCUT2D eigenvalue weighted by Gasteiger charge is 2.40. The predicted octanol–water partition coefficient (Wildman–Crippen LogP) is 3.10. The summed E-state index contributed by atoms with van der Waals surface area (Å²) in [5.74, 6) is -0.517. The zero-order chi connectivity index (χ0) is 19.1. The van der Waals surface area contributed by atoms with Crippen molar-refractivity contribution >= 4 is 12.3 Å². The standard InChI is InChI=1S/C20H31NO4/c1-15(2)17(13-24-12-16-9-7-6-8-10-16)11-20(21,14-22)18(23)25-19(3,4)5/h6-10,14-15,17H,11-13,21H2,1-5H3/t17-,20+/m1/s1. The van der Waals surface area contributed by atoms with Crippen molar-refractivity contribution in [1.82, 2.24) is 0 Å². The molecule has 0 bridgehead atoms. The molecule has 5 nitrogen and oxygen atoms in total. The first-order chi connectivity index (χ1) is 11.6. The smallest absolute Gasteiger partial charge is 0.334 e. The average molecular weight is 349 g/mol. The van der Waals surface area contributed by atoms with Gasteiger partial charge in [-0.25, -0.2) is 4.79 Å². The summed E-state index contributed by atoms with van der Waals surface area (Å²) in [5, 5.41) is 0. The number of hydrogen-bond donors (Lipinski definition) is 1. The fourth-order valence-electron chi connectivity index (χ4n) is 2.38. The molecule has 140 valence electrons. The molecule has 2 N–H and O–H groups in total. The van der Waals surface area contributed by atoms with Crippen LogP contribution in [0.25, 0.3) is 0 Å². The molecule has 0 spiro atoms. The minimum absolute atomic E-state index is 0.0357. The normalized spacial score (nSPS) is 15.5. The minimum atomic E-state index is -1.65. The minimum Gasteiger partial charge on any atom is -0.458 e. The molecule has 1 aromatic rings. The number of nitrogens with two attached hydrogens (primary N) is 1. The molecular formula is C20H31NO4. The van der Waals surface area contributed by atoms with E-state index in [1.165, 1.54) is 0 Å². The number of hydrogen-bond acceptors (Lipinski definition) is 5. The third-order valence-electron chi connectivity index (χ3n) is 3.98. The molecule has 1 rings (SSSR count). The first kappa shape index (κ1) is 21.3. The van der Waals surface area contributed by atoms with E-state index < -0.39 is 17.1 Å². The van der Waals surface area contributed by atoms with Crippen LogP contribution in [0.3, 0.4) is 0 Å². The number of ether oxygens (including phenoxy) is 2. The number of carbonyl (C=O) groups excluding carboxylic acids is 2. The molecule has 1 aromatic carbocycles.